The lowest BCUT2D eigenvalue weighted by atomic mass is 10.2. The first kappa shape index (κ1) is 14.0. The Balaban J connectivity index is 2.24. The van der Waals surface area contributed by atoms with Crippen molar-refractivity contribution in [1.29, 1.82) is 0 Å². The number of hydrogen-bond acceptors (Lipinski definition) is 2. The second kappa shape index (κ2) is 8.07. The average Bonchev–Trinajstić information content (AvgIpc) is 2.69. The quantitative estimate of drug-likeness (QED) is 0.554. The molecule has 0 amide bonds. The number of nitrogens with one attached hydrogen (secondary N) is 1. The Kier molecular flexibility index (Phi) is 6.63. The summed E-state index contributed by atoms with van der Waals surface area (Å²) in [6.07, 6.45) is 8.80. The van der Waals surface area contributed by atoms with Gasteiger partial charge in [0.2, 0.25) is 0 Å². The zero-order chi connectivity index (χ0) is 12.5. The fraction of sp³-hybridized carbons (Fsp3) is 0.643. The summed E-state index contributed by atoms with van der Waals surface area (Å²) in [6, 6.07) is 2.19. The van der Waals surface area contributed by atoms with Crippen molar-refractivity contribution >= 4 is 0 Å². The Morgan fingerprint density at radius 3 is 2.76 bits per heavy atom. The highest BCUT2D eigenvalue weighted by molar-refractivity contribution is 5.13. The zero-order valence-corrected chi connectivity index (χ0v) is 11.4. The largest absolute Gasteiger partial charge is 0.316 e. The van der Waals surface area contributed by atoms with E-state index in [1.54, 1.807) is 0 Å². The van der Waals surface area contributed by atoms with Crippen LogP contribution in [0.2, 0.25) is 0 Å². The van der Waals surface area contributed by atoms with Gasteiger partial charge in [0.25, 0.3) is 0 Å². The van der Waals surface area contributed by atoms with Crippen LogP contribution in [0.3, 0.4) is 0 Å². The van der Waals surface area contributed by atoms with E-state index in [9.17, 15) is 0 Å². The molecule has 0 spiro atoms. The number of nitrogens with zero attached hydrogens (tertiary/aromatic N) is 2. The smallest absolute Gasteiger partial charge is 0.0624 e. The van der Waals surface area contributed by atoms with E-state index in [4.69, 9.17) is 0 Å². The van der Waals surface area contributed by atoms with Gasteiger partial charge < -0.3 is 5.32 Å². The molecule has 1 heterocycles. The van der Waals surface area contributed by atoms with Gasteiger partial charge in [-0.05, 0) is 38.4 Å². The van der Waals surface area contributed by atoms with E-state index in [0.717, 1.165) is 32.4 Å². The van der Waals surface area contributed by atoms with Crippen molar-refractivity contribution in [2.24, 2.45) is 7.05 Å². The number of aromatic nitrogens is 2. The normalized spacial score (nSPS) is 11.5. The third-order valence-electron chi connectivity index (χ3n) is 2.80. The fourth-order valence-electron chi connectivity index (χ4n) is 1.74. The maximum Gasteiger partial charge on any atom is 0.0624 e. The minimum Gasteiger partial charge on any atom is -0.316 e. The molecular weight excluding hydrogens is 210 g/mol. The minimum absolute atomic E-state index is 0.983. The lowest BCUT2D eigenvalue weighted by Crippen LogP contribution is -2.15. The maximum atomic E-state index is 4.44. The van der Waals surface area contributed by atoms with Crippen LogP contribution in [-0.2, 0) is 19.9 Å². The number of hydrogen-bond donors (Lipinski definition) is 1. The van der Waals surface area contributed by atoms with Crippen molar-refractivity contribution < 1.29 is 0 Å². The van der Waals surface area contributed by atoms with Crippen LogP contribution in [-0.4, -0.2) is 22.9 Å². The topological polar surface area (TPSA) is 29.9 Å². The van der Waals surface area contributed by atoms with Crippen molar-refractivity contribution in [1.82, 2.24) is 15.1 Å². The molecular formula is C14H25N3. The molecule has 0 aliphatic heterocycles. The second-order valence-electron chi connectivity index (χ2n) is 4.32. The summed E-state index contributed by atoms with van der Waals surface area (Å²) < 4.78 is 1.98. The summed E-state index contributed by atoms with van der Waals surface area (Å²) in [5.41, 5.74) is 2.47. The molecule has 0 aliphatic rings. The number of aryl methyl sites for hydroxylation is 2. The molecule has 0 unspecified atom stereocenters. The van der Waals surface area contributed by atoms with Gasteiger partial charge in [-0.2, -0.15) is 5.10 Å². The lowest BCUT2D eigenvalue weighted by Gasteiger charge is -1.99. The van der Waals surface area contributed by atoms with Gasteiger partial charge in [-0.15, -0.1) is 0 Å². The highest BCUT2D eigenvalue weighted by Gasteiger charge is 2.00. The van der Waals surface area contributed by atoms with E-state index >= 15 is 0 Å². The van der Waals surface area contributed by atoms with Crippen molar-refractivity contribution in [2.45, 2.75) is 39.5 Å². The summed E-state index contributed by atoms with van der Waals surface area (Å²) >= 11 is 0. The van der Waals surface area contributed by atoms with E-state index in [0.29, 0.717) is 0 Å². The van der Waals surface area contributed by atoms with Crippen LogP contribution >= 0.6 is 0 Å². The molecule has 1 rings (SSSR count). The summed E-state index contributed by atoms with van der Waals surface area (Å²) in [4.78, 5) is 0. The van der Waals surface area contributed by atoms with Crippen molar-refractivity contribution in [3.63, 3.8) is 0 Å². The van der Waals surface area contributed by atoms with E-state index in [1.807, 2.05) is 11.7 Å². The predicted octanol–water partition coefficient (Wildman–Crippen LogP) is 2.47. The first-order valence-electron chi connectivity index (χ1n) is 6.65. The second-order valence-corrected chi connectivity index (χ2v) is 4.32. The molecule has 0 radical (unpaired) electrons. The molecule has 96 valence electrons. The standard InChI is InChI=1S/C14H25N3/c1-4-10-15-11-8-6-7-9-14-12-13(5-2)16-17(14)3/h6-7,12,15H,4-5,8-11H2,1-3H3. The highest BCUT2D eigenvalue weighted by atomic mass is 15.3. The van der Waals surface area contributed by atoms with Crippen molar-refractivity contribution in [3.05, 3.63) is 29.6 Å². The van der Waals surface area contributed by atoms with Crippen LogP contribution in [0, 0.1) is 0 Å². The number of rotatable bonds is 8. The average molecular weight is 235 g/mol. The Bertz CT molecular complexity index is 339. The van der Waals surface area contributed by atoms with Gasteiger partial charge in [0.05, 0.1) is 5.69 Å². The van der Waals surface area contributed by atoms with Gasteiger partial charge in [-0.1, -0.05) is 26.0 Å². The Morgan fingerprint density at radius 1 is 1.29 bits per heavy atom. The van der Waals surface area contributed by atoms with Crippen molar-refractivity contribution in [2.75, 3.05) is 13.1 Å². The molecule has 0 fully saturated rings. The Hall–Kier alpha value is -1.09. The minimum atomic E-state index is 0.983. The van der Waals surface area contributed by atoms with Crippen LogP contribution in [0.4, 0.5) is 0 Å². The summed E-state index contributed by atoms with van der Waals surface area (Å²) in [5, 5.41) is 7.83. The molecule has 0 saturated carbocycles. The van der Waals surface area contributed by atoms with E-state index in [-0.39, 0.29) is 0 Å². The van der Waals surface area contributed by atoms with Gasteiger partial charge in [-0.25, -0.2) is 0 Å². The maximum absolute atomic E-state index is 4.44. The molecule has 1 aromatic heterocycles. The van der Waals surface area contributed by atoms with E-state index in [1.165, 1.54) is 17.8 Å². The van der Waals surface area contributed by atoms with Crippen LogP contribution in [0.5, 0.6) is 0 Å². The summed E-state index contributed by atoms with van der Waals surface area (Å²) in [5.74, 6) is 0. The summed E-state index contributed by atoms with van der Waals surface area (Å²) in [6.45, 7) is 6.53. The molecule has 17 heavy (non-hydrogen) atoms. The van der Waals surface area contributed by atoms with Gasteiger partial charge in [0, 0.05) is 19.2 Å². The van der Waals surface area contributed by atoms with Gasteiger partial charge >= 0.3 is 0 Å². The Labute approximate surface area is 105 Å². The molecule has 3 nitrogen and oxygen atoms in total. The zero-order valence-electron chi connectivity index (χ0n) is 11.4. The molecule has 1 aromatic rings. The third-order valence-corrected chi connectivity index (χ3v) is 2.80. The fourth-order valence-corrected chi connectivity index (χ4v) is 1.74. The molecule has 0 aliphatic carbocycles. The van der Waals surface area contributed by atoms with Gasteiger partial charge in [0.15, 0.2) is 0 Å². The molecule has 0 aromatic carbocycles. The van der Waals surface area contributed by atoms with Gasteiger partial charge in [-0.3, -0.25) is 4.68 Å². The monoisotopic (exact) mass is 235 g/mol. The van der Waals surface area contributed by atoms with Crippen molar-refractivity contribution in [3.8, 4) is 0 Å². The lowest BCUT2D eigenvalue weighted by molar-refractivity contribution is 0.677. The molecule has 0 atom stereocenters. The first-order chi connectivity index (χ1) is 8.27. The molecule has 3 heteroatoms. The number of allylic oxidation sites excluding steroid dienone is 1. The first-order valence-corrected chi connectivity index (χ1v) is 6.65. The highest BCUT2D eigenvalue weighted by Crippen LogP contribution is 2.05. The third kappa shape index (κ3) is 5.18. The van der Waals surface area contributed by atoms with Crippen LogP contribution in [0.1, 0.15) is 38.1 Å². The summed E-state index contributed by atoms with van der Waals surface area (Å²) in [7, 11) is 2.02. The van der Waals surface area contributed by atoms with Crippen LogP contribution in [0.25, 0.3) is 0 Å². The SMILES string of the molecule is CCCNCCC=CCc1cc(CC)nn1C. The predicted molar refractivity (Wildman–Crippen MR) is 73.2 cm³/mol. The van der Waals surface area contributed by atoms with E-state index < -0.39 is 0 Å². The molecule has 0 saturated heterocycles. The molecule has 0 bridgehead atoms. The van der Waals surface area contributed by atoms with Gasteiger partial charge in [0.1, 0.15) is 0 Å². The Morgan fingerprint density at radius 2 is 2.12 bits per heavy atom. The van der Waals surface area contributed by atoms with Crippen LogP contribution < -0.4 is 5.32 Å². The molecule has 1 N–H and O–H groups in total. The van der Waals surface area contributed by atoms with Crippen LogP contribution in [0.15, 0.2) is 18.2 Å². The van der Waals surface area contributed by atoms with E-state index in [2.05, 4.69) is 42.5 Å².